The molecule has 0 aliphatic rings. The Kier molecular flexibility index (Phi) is 3.93. The Morgan fingerprint density at radius 1 is 1.00 bits per heavy atom. The molecule has 108 valence electrons. The molecule has 0 spiro atoms. The van der Waals surface area contributed by atoms with Crippen LogP contribution < -0.4 is 0 Å². The summed E-state index contributed by atoms with van der Waals surface area (Å²) < 4.78 is 13.3. The van der Waals surface area contributed by atoms with E-state index in [1.54, 1.807) is 13.4 Å². The van der Waals surface area contributed by atoms with Gasteiger partial charge < -0.3 is 14.0 Å². The van der Waals surface area contributed by atoms with Gasteiger partial charge in [0.25, 0.3) is 0 Å². The fourth-order valence-corrected chi connectivity index (χ4v) is 2.69. The molecule has 0 aliphatic carbocycles. The van der Waals surface area contributed by atoms with Crippen molar-refractivity contribution in [3.05, 3.63) is 60.9 Å². The van der Waals surface area contributed by atoms with Crippen molar-refractivity contribution in [1.82, 2.24) is 4.57 Å². The molecule has 0 bridgehead atoms. The molecule has 0 saturated heterocycles. The van der Waals surface area contributed by atoms with Crippen LogP contribution in [0.3, 0.4) is 0 Å². The second kappa shape index (κ2) is 6.02. The van der Waals surface area contributed by atoms with E-state index in [0.29, 0.717) is 6.54 Å². The molecule has 3 aromatic rings. The van der Waals surface area contributed by atoms with Gasteiger partial charge in [-0.3, -0.25) is 0 Å². The number of nitrogens with zero attached hydrogens (tertiary/aromatic N) is 1. The lowest BCUT2D eigenvalue weighted by Crippen LogP contribution is -2.20. The first-order chi connectivity index (χ1) is 10.3. The topological polar surface area (TPSA) is 23.4 Å². The summed E-state index contributed by atoms with van der Waals surface area (Å²) in [6.07, 6.45) is 3.22. The van der Waals surface area contributed by atoms with Gasteiger partial charge in [0.1, 0.15) is 0 Å². The van der Waals surface area contributed by atoms with E-state index < -0.39 is 0 Å². The van der Waals surface area contributed by atoms with Crippen LogP contribution in [0.4, 0.5) is 0 Å². The Hall–Kier alpha value is -2.26. The van der Waals surface area contributed by atoms with E-state index in [-0.39, 0.29) is 6.29 Å². The standard InChI is InChI=1S/C18H19NO2/c1-3-12-21-18(20-2)13-19-16-10-6-4-8-14(16)15-9-5-7-11-17(15)19/h3-12,18H,13H2,1-2H3. The minimum atomic E-state index is -0.305. The van der Waals surface area contributed by atoms with Crippen LogP contribution in [0, 0.1) is 0 Å². The second-order valence-corrected chi connectivity index (χ2v) is 4.92. The smallest absolute Gasteiger partial charge is 0.216 e. The van der Waals surface area contributed by atoms with E-state index >= 15 is 0 Å². The molecule has 0 N–H and O–H groups in total. The number of hydrogen-bond acceptors (Lipinski definition) is 2. The van der Waals surface area contributed by atoms with Crippen LogP contribution in [0.2, 0.25) is 0 Å². The van der Waals surface area contributed by atoms with Crippen molar-refractivity contribution in [2.24, 2.45) is 0 Å². The lowest BCUT2D eigenvalue weighted by Gasteiger charge is -2.17. The zero-order valence-electron chi connectivity index (χ0n) is 12.3. The predicted molar refractivity (Wildman–Crippen MR) is 86.1 cm³/mol. The van der Waals surface area contributed by atoms with Gasteiger partial charge in [0, 0.05) is 28.9 Å². The van der Waals surface area contributed by atoms with E-state index in [0.717, 1.165) is 0 Å². The van der Waals surface area contributed by atoms with E-state index in [2.05, 4.69) is 53.1 Å². The second-order valence-electron chi connectivity index (χ2n) is 4.92. The molecular weight excluding hydrogens is 262 g/mol. The first-order valence-electron chi connectivity index (χ1n) is 7.10. The van der Waals surface area contributed by atoms with Crippen LogP contribution in [0.15, 0.2) is 60.9 Å². The van der Waals surface area contributed by atoms with Gasteiger partial charge in [0.15, 0.2) is 0 Å². The van der Waals surface area contributed by atoms with Gasteiger partial charge >= 0.3 is 0 Å². The molecule has 1 aromatic heterocycles. The number of hydrogen-bond donors (Lipinski definition) is 0. The first-order valence-corrected chi connectivity index (χ1v) is 7.10. The van der Waals surface area contributed by atoms with Crippen molar-refractivity contribution < 1.29 is 9.47 Å². The average Bonchev–Trinajstić information content (AvgIpc) is 2.86. The molecule has 0 saturated carbocycles. The van der Waals surface area contributed by atoms with Crippen LogP contribution in [0.5, 0.6) is 0 Å². The van der Waals surface area contributed by atoms with Gasteiger partial charge in [-0.25, -0.2) is 0 Å². The monoisotopic (exact) mass is 281 g/mol. The van der Waals surface area contributed by atoms with Gasteiger partial charge in [0.05, 0.1) is 12.8 Å². The molecule has 0 amide bonds. The van der Waals surface area contributed by atoms with Gasteiger partial charge in [0.2, 0.25) is 6.29 Å². The van der Waals surface area contributed by atoms with Crippen LogP contribution in [-0.4, -0.2) is 18.0 Å². The predicted octanol–water partition coefficient (Wildman–Crippen LogP) is 4.32. The fraction of sp³-hybridized carbons (Fsp3) is 0.222. The number of para-hydroxylation sites is 2. The van der Waals surface area contributed by atoms with Crippen LogP contribution in [0.25, 0.3) is 21.8 Å². The molecule has 1 heterocycles. The highest BCUT2D eigenvalue weighted by Gasteiger charge is 2.14. The Morgan fingerprint density at radius 3 is 2.10 bits per heavy atom. The Bertz CT molecular complexity index is 720. The van der Waals surface area contributed by atoms with Crippen LogP contribution >= 0.6 is 0 Å². The quantitative estimate of drug-likeness (QED) is 0.513. The summed E-state index contributed by atoms with van der Waals surface area (Å²) >= 11 is 0. The molecule has 3 nitrogen and oxygen atoms in total. The Balaban J connectivity index is 2.10. The normalized spacial score (nSPS) is 13.2. The molecule has 21 heavy (non-hydrogen) atoms. The SMILES string of the molecule is CC=COC(Cn1c2ccccc2c2ccccc21)OC. The molecule has 3 heteroatoms. The third-order valence-electron chi connectivity index (χ3n) is 3.64. The molecular formula is C18H19NO2. The van der Waals surface area contributed by atoms with Gasteiger partial charge in [-0.2, -0.15) is 0 Å². The van der Waals surface area contributed by atoms with Crippen LogP contribution in [0.1, 0.15) is 6.92 Å². The van der Waals surface area contributed by atoms with Crippen LogP contribution in [-0.2, 0) is 16.0 Å². The first kappa shape index (κ1) is 13.7. The largest absolute Gasteiger partial charge is 0.471 e. The summed E-state index contributed by atoms with van der Waals surface area (Å²) in [6, 6.07) is 16.9. The summed E-state index contributed by atoms with van der Waals surface area (Å²) in [6.45, 7) is 2.57. The number of ether oxygens (including phenoxy) is 2. The number of fused-ring (bicyclic) bond motifs is 3. The van der Waals surface area contributed by atoms with Crippen molar-refractivity contribution >= 4 is 21.8 Å². The Morgan fingerprint density at radius 2 is 1.57 bits per heavy atom. The zero-order valence-corrected chi connectivity index (χ0v) is 12.3. The molecule has 0 fully saturated rings. The molecule has 0 aliphatic heterocycles. The summed E-state index contributed by atoms with van der Waals surface area (Å²) in [5, 5.41) is 2.52. The summed E-state index contributed by atoms with van der Waals surface area (Å²) in [4.78, 5) is 0. The zero-order chi connectivity index (χ0) is 14.7. The number of aromatic nitrogens is 1. The van der Waals surface area contributed by atoms with Crippen molar-refractivity contribution in [2.45, 2.75) is 19.8 Å². The van der Waals surface area contributed by atoms with Gasteiger partial charge in [-0.1, -0.05) is 42.5 Å². The Labute approximate surface area is 124 Å². The maximum Gasteiger partial charge on any atom is 0.216 e. The molecule has 1 atom stereocenters. The van der Waals surface area contributed by atoms with Crippen molar-refractivity contribution in [3.8, 4) is 0 Å². The van der Waals surface area contributed by atoms with E-state index in [9.17, 15) is 0 Å². The minimum absolute atomic E-state index is 0.305. The van der Waals surface area contributed by atoms with Gasteiger partial charge in [-0.15, -0.1) is 0 Å². The molecule has 0 radical (unpaired) electrons. The number of rotatable bonds is 5. The maximum atomic E-state index is 5.59. The third kappa shape index (κ3) is 2.52. The van der Waals surface area contributed by atoms with Crippen molar-refractivity contribution in [1.29, 1.82) is 0 Å². The highest BCUT2D eigenvalue weighted by molar-refractivity contribution is 6.07. The van der Waals surface area contributed by atoms with E-state index in [1.165, 1.54) is 21.8 Å². The number of benzene rings is 2. The van der Waals surface area contributed by atoms with E-state index in [4.69, 9.17) is 9.47 Å². The minimum Gasteiger partial charge on any atom is -0.471 e. The maximum absolute atomic E-state index is 5.59. The fourth-order valence-electron chi connectivity index (χ4n) is 2.69. The number of methoxy groups -OCH3 is 1. The van der Waals surface area contributed by atoms with Crippen molar-refractivity contribution in [2.75, 3.05) is 7.11 Å². The summed E-state index contributed by atoms with van der Waals surface area (Å²) in [7, 11) is 1.67. The number of allylic oxidation sites excluding steroid dienone is 1. The lowest BCUT2D eigenvalue weighted by molar-refractivity contribution is -0.0906. The summed E-state index contributed by atoms with van der Waals surface area (Å²) in [5.41, 5.74) is 2.40. The molecule has 2 aromatic carbocycles. The highest BCUT2D eigenvalue weighted by atomic mass is 16.7. The third-order valence-corrected chi connectivity index (χ3v) is 3.64. The van der Waals surface area contributed by atoms with Crippen molar-refractivity contribution in [3.63, 3.8) is 0 Å². The molecule has 3 rings (SSSR count). The lowest BCUT2D eigenvalue weighted by atomic mass is 10.2. The summed E-state index contributed by atoms with van der Waals surface area (Å²) in [5.74, 6) is 0. The molecule has 1 unspecified atom stereocenters. The van der Waals surface area contributed by atoms with E-state index in [1.807, 2.05) is 13.0 Å². The van der Waals surface area contributed by atoms with Gasteiger partial charge in [-0.05, 0) is 19.1 Å². The highest BCUT2D eigenvalue weighted by Crippen LogP contribution is 2.29. The average molecular weight is 281 g/mol.